The molecule has 0 bridgehead atoms. The van der Waals surface area contributed by atoms with Crippen LogP contribution in [0.25, 0.3) is 0 Å². The van der Waals surface area contributed by atoms with Crippen LogP contribution in [0.3, 0.4) is 0 Å². The van der Waals surface area contributed by atoms with Gasteiger partial charge in [0.15, 0.2) is 5.82 Å². The number of esters is 1. The van der Waals surface area contributed by atoms with E-state index < -0.39 is 35.1 Å². The number of benzene rings is 1. The van der Waals surface area contributed by atoms with Crippen molar-refractivity contribution >= 4 is 18.0 Å². The van der Waals surface area contributed by atoms with Gasteiger partial charge < -0.3 is 29.4 Å². The molecule has 2 N–H and O–H groups in total. The first-order valence-electron chi connectivity index (χ1n) is 12.9. The van der Waals surface area contributed by atoms with Gasteiger partial charge in [0.25, 0.3) is 0 Å². The molecular formula is C27H39N5O6. The highest BCUT2D eigenvalue weighted by Gasteiger charge is 2.37. The summed E-state index contributed by atoms with van der Waals surface area (Å²) in [5, 5.41) is 14.2. The highest BCUT2D eigenvalue weighted by Crippen LogP contribution is 2.30. The number of hydrogen-bond acceptors (Lipinski definition) is 8. The second-order valence-electron chi connectivity index (χ2n) is 10.8. The number of rotatable bonds is 10. The Labute approximate surface area is 223 Å². The van der Waals surface area contributed by atoms with Gasteiger partial charge in [-0.15, -0.1) is 10.2 Å². The van der Waals surface area contributed by atoms with E-state index in [0.717, 1.165) is 12.0 Å². The summed E-state index contributed by atoms with van der Waals surface area (Å²) in [5.74, 6) is -0.318. The van der Waals surface area contributed by atoms with Gasteiger partial charge >= 0.3 is 12.1 Å². The Kier molecular flexibility index (Phi) is 9.48. The monoisotopic (exact) mass is 529 g/mol. The largest absolute Gasteiger partial charge is 0.465 e. The van der Waals surface area contributed by atoms with Crippen molar-refractivity contribution in [1.82, 2.24) is 25.4 Å². The van der Waals surface area contributed by atoms with Crippen molar-refractivity contribution < 1.29 is 28.6 Å². The number of fused-ring (bicyclic) bond motifs is 1. The number of nitrogens with zero attached hydrogens (tertiary/aromatic N) is 3. The minimum Gasteiger partial charge on any atom is -0.465 e. The molecule has 2 atom stereocenters. The zero-order chi connectivity index (χ0) is 27.9. The highest BCUT2D eigenvalue weighted by molar-refractivity contribution is 5.89. The summed E-state index contributed by atoms with van der Waals surface area (Å²) >= 11 is 0. The average molecular weight is 530 g/mol. The molecule has 2 aromatic rings. The Bertz CT molecular complexity index is 1110. The molecule has 0 spiro atoms. The molecule has 2 heterocycles. The number of amides is 2. The number of ether oxygens (including phenoxy) is 3. The third kappa shape index (κ3) is 7.77. The molecule has 38 heavy (non-hydrogen) atoms. The van der Waals surface area contributed by atoms with Crippen LogP contribution in [0.5, 0.6) is 0 Å². The van der Waals surface area contributed by atoms with Crippen LogP contribution in [-0.2, 0) is 37.0 Å². The first kappa shape index (κ1) is 29.1. The topological polar surface area (TPSA) is 134 Å². The number of hydrogen-bond donors (Lipinski definition) is 2. The molecule has 1 aromatic heterocycles. The molecule has 0 aliphatic carbocycles. The Hall–Kier alpha value is -3.47. The summed E-state index contributed by atoms with van der Waals surface area (Å²) in [5.41, 5.74) is -1.02. The third-order valence-corrected chi connectivity index (χ3v) is 5.96. The quantitative estimate of drug-likeness (QED) is 0.448. The van der Waals surface area contributed by atoms with Crippen LogP contribution in [-0.4, -0.2) is 57.1 Å². The number of alkyl carbamates (subject to hydrolysis) is 1. The minimum absolute atomic E-state index is 0.103. The van der Waals surface area contributed by atoms with Gasteiger partial charge in [-0.05, 0) is 59.9 Å². The molecule has 11 nitrogen and oxygen atoms in total. The van der Waals surface area contributed by atoms with E-state index in [-0.39, 0.29) is 19.2 Å². The maximum absolute atomic E-state index is 13.4. The average Bonchev–Trinajstić information content (AvgIpc) is 3.26. The molecular weight excluding hydrogens is 490 g/mol. The van der Waals surface area contributed by atoms with E-state index >= 15 is 0 Å². The maximum atomic E-state index is 13.4. The summed E-state index contributed by atoms with van der Waals surface area (Å²) in [6, 6.07) is 8.98. The Morgan fingerprint density at radius 2 is 1.82 bits per heavy atom. The molecule has 0 saturated carbocycles. The van der Waals surface area contributed by atoms with Crippen molar-refractivity contribution in [2.24, 2.45) is 0 Å². The number of carbonyl (C=O) groups is 3. The van der Waals surface area contributed by atoms with Crippen LogP contribution < -0.4 is 10.6 Å². The van der Waals surface area contributed by atoms with Crippen molar-refractivity contribution in [3.8, 4) is 0 Å². The summed E-state index contributed by atoms with van der Waals surface area (Å²) < 4.78 is 18.4. The van der Waals surface area contributed by atoms with Gasteiger partial charge in [0.1, 0.15) is 28.9 Å². The Morgan fingerprint density at radius 1 is 1.11 bits per heavy atom. The number of nitrogens with one attached hydrogen (secondary N) is 2. The lowest BCUT2D eigenvalue weighted by molar-refractivity contribution is -0.145. The smallest absolute Gasteiger partial charge is 0.408 e. The fraction of sp³-hybridized carbons (Fsp3) is 0.593. The number of carbonyl (C=O) groups excluding carboxylic acids is 3. The van der Waals surface area contributed by atoms with E-state index in [9.17, 15) is 14.4 Å². The summed E-state index contributed by atoms with van der Waals surface area (Å²) in [6.45, 7) is 11.5. The Morgan fingerprint density at radius 3 is 2.47 bits per heavy atom. The predicted molar refractivity (Wildman–Crippen MR) is 139 cm³/mol. The van der Waals surface area contributed by atoms with E-state index in [2.05, 4.69) is 20.8 Å². The van der Waals surface area contributed by atoms with Gasteiger partial charge in [0.05, 0.1) is 19.8 Å². The van der Waals surface area contributed by atoms with E-state index in [1.807, 2.05) is 34.9 Å². The van der Waals surface area contributed by atoms with Crippen LogP contribution in [0.2, 0.25) is 0 Å². The lowest BCUT2D eigenvalue weighted by Crippen LogP contribution is -2.56. The minimum atomic E-state index is -1.29. The van der Waals surface area contributed by atoms with E-state index in [1.54, 1.807) is 41.5 Å². The predicted octanol–water partition coefficient (Wildman–Crippen LogP) is 3.40. The molecule has 3 rings (SSSR count). The molecule has 1 aliphatic rings. The van der Waals surface area contributed by atoms with Crippen molar-refractivity contribution in [3.63, 3.8) is 0 Å². The van der Waals surface area contributed by atoms with Gasteiger partial charge in [-0.25, -0.2) is 4.79 Å². The van der Waals surface area contributed by atoms with Crippen LogP contribution in [0.15, 0.2) is 30.3 Å². The lowest BCUT2D eigenvalue weighted by Gasteiger charge is -2.30. The second-order valence-corrected chi connectivity index (χ2v) is 10.8. The standard InChI is InChI=1S/C27H39N5O6/c1-7-37-23(33)19-14-11-15-32-21(19)30-31-22(32)20(17-36-16-18-12-9-8-10-13-18)28-24(34)27(5,6)29-25(35)38-26(2,3)4/h8-10,12-13,19-20H,7,11,14-17H2,1-6H3,(H,28,34)(H,29,35)/t19?,20-/m1/s1. The first-order chi connectivity index (χ1) is 17.9. The van der Waals surface area contributed by atoms with Crippen LogP contribution in [0.4, 0.5) is 4.79 Å². The van der Waals surface area contributed by atoms with Crippen molar-refractivity contribution in [1.29, 1.82) is 0 Å². The van der Waals surface area contributed by atoms with E-state index in [0.29, 0.717) is 31.2 Å². The number of aromatic nitrogens is 3. The first-order valence-corrected chi connectivity index (χ1v) is 12.9. The van der Waals surface area contributed by atoms with Gasteiger partial charge in [-0.3, -0.25) is 9.59 Å². The lowest BCUT2D eigenvalue weighted by atomic mass is 9.98. The second kappa shape index (κ2) is 12.4. The van der Waals surface area contributed by atoms with Crippen molar-refractivity contribution in [2.45, 2.75) is 90.6 Å². The molecule has 11 heteroatoms. The van der Waals surface area contributed by atoms with Gasteiger partial charge in [-0.1, -0.05) is 30.3 Å². The molecule has 1 unspecified atom stereocenters. The molecule has 1 aromatic carbocycles. The Balaban J connectivity index is 1.81. The zero-order valence-corrected chi connectivity index (χ0v) is 23.1. The highest BCUT2D eigenvalue weighted by atomic mass is 16.6. The normalized spacial score (nSPS) is 16.2. The molecule has 208 valence electrons. The van der Waals surface area contributed by atoms with Crippen molar-refractivity contribution in [2.75, 3.05) is 13.2 Å². The van der Waals surface area contributed by atoms with E-state index in [1.165, 1.54) is 0 Å². The molecule has 2 amide bonds. The summed E-state index contributed by atoms with van der Waals surface area (Å²) in [7, 11) is 0. The molecule has 1 aliphatic heterocycles. The maximum Gasteiger partial charge on any atom is 0.408 e. The van der Waals surface area contributed by atoms with Gasteiger partial charge in [-0.2, -0.15) is 0 Å². The summed E-state index contributed by atoms with van der Waals surface area (Å²) in [6.07, 6.45) is 0.649. The summed E-state index contributed by atoms with van der Waals surface area (Å²) in [4.78, 5) is 38.3. The third-order valence-electron chi connectivity index (χ3n) is 5.96. The van der Waals surface area contributed by atoms with Crippen LogP contribution in [0, 0.1) is 0 Å². The van der Waals surface area contributed by atoms with E-state index in [4.69, 9.17) is 14.2 Å². The fourth-order valence-corrected chi connectivity index (χ4v) is 4.13. The van der Waals surface area contributed by atoms with Gasteiger partial charge in [0.2, 0.25) is 5.91 Å². The molecule has 0 saturated heterocycles. The van der Waals surface area contributed by atoms with Crippen molar-refractivity contribution in [3.05, 3.63) is 47.5 Å². The van der Waals surface area contributed by atoms with Crippen LogP contribution >= 0.6 is 0 Å². The fourth-order valence-electron chi connectivity index (χ4n) is 4.13. The van der Waals surface area contributed by atoms with Gasteiger partial charge in [0, 0.05) is 6.54 Å². The molecule has 0 fully saturated rings. The molecule has 0 radical (unpaired) electrons. The zero-order valence-electron chi connectivity index (χ0n) is 23.1. The van der Waals surface area contributed by atoms with Crippen LogP contribution in [0.1, 0.15) is 83.6 Å². The SMILES string of the molecule is CCOC(=O)C1CCCn2c1nnc2[C@@H](COCc1ccccc1)NC(=O)C(C)(C)NC(=O)OC(C)(C)C.